The molecule has 2 aromatic rings. The SMILES string of the molecule is CCCCN(C)c1ccc(C(=O)N2CCCc3cc(S(=O)(=O)N4CCCC4)ccc32)cc1. The number of anilines is 2. The number of sulfonamides is 1. The summed E-state index contributed by atoms with van der Waals surface area (Å²) >= 11 is 0. The zero-order chi connectivity index (χ0) is 22.7. The third-order valence-electron chi connectivity index (χ3n) is 6.52. The second kappa shape index (κ2) is 9.63. The minimum atomic E-state index is -3.46. The van der Waals surface area contributed by atoms with E-state index in [0.29, 0.717) is 30.1 Å². The molecular weight excluding hydrogens is 422 g/mol. The molecule has 7 heteroatoms. The molecule has 1 fully saturated rings. The van der Waals surface area contributed by atoms with Gasteiger partial charge in [-0.15, -0.1) is 0 Å². The minimum Gasteiger partial charge on any atom is -0.375 e. The number of fused-ring (bicyclic) bond motifs is 1. The standard InChI is InChI=1S/C25H33N3O3S/c1-3-4-15-26(2)22-11-9-20(10-12-22)25(29)28-18-7-8-21-19-23(13-14-24(21)28)32(30,31)27-16-5-6-17-27/h9-14,19H,3-8,15-18H2,1-2H3. The van der Waals surface area contributed by atoms with Gasteiger partial charge >= 0.3 is 0 Å². The van der Waals surface area contributed by atoms with Gasteiger partial charge in [0.05, 0.1) is 4.90 Å². The van der Waals surface area contributed by atoms with Gasteiger partial charge in [0.25, 0.3) is 5.91 Å². The Bertz CT molecular complexity index is 1060. The molecule has 2 heterocycles. The van der Waals surface area contributed by atoms with Crippen LogP contribution >= 0.6 is 0 Å². The Morgan fingerprint density at radius 3 is 2.41 bits per heavy atom. The largest absolute Gasteiger partial charge is 0.375 e. The van der Waals surface area contributed by atoms with Crippen LogP contribution in [-0.4, -0.2) is 51.9 Å². The number of amides is 1. The van der Waals surface area contributed by atoms with Gasteiger partial charge < -0.3 is 9.80 Å². The van der Waals surface area contributed by atoms with Crippen LogP contribution in [0.25, 0.3) is 0 Å². The van der Waals surface area contributed by atoms with Crippen molar-refractivity contribution in [1.82, 2.24) is 4.31 Å². The van der Waals surface area contributed by atoms with Gasteiger partial charge in [0.2, 0.25) is 10.0 Å². The summed E-state index contributed by atoms with van der Waals surface area (Å²) in [5.74, 6) is -0.0381. The molecule has 0 saturated carbocycles. The molecule has 0 spiro atoms. The number of carbonyl (C=O) groups excluding carboxylic acids is 1. The lowest BCUT2D eigenvalue weighted by molar-refractivity contribution is 0.0985. The molecule has 2 aliphatic heterocycles. The number of unbranched alkanes of at least 4 members (excludes halogenated alkanes) is 1. The molecule has 172 valence electrons. The molecule has 0 radical (unpaired) electrons. The second-order valence-electron chi connectivity index (χ2n) is 8.78. The number of rotatable bonds is 7. The smallest absolute Gasteiger partial charge is 0.258 e. The molecule has 1 saturated heterocycles. The molecule has 0 unspecified atom stereocenters. The molecule has 0 atom stereocenters. The van der Waals surface area contributed by atoms with Gasteiger partial charge in [0.1, 0.15) is 0 Å². The lowest BCUT2D eigenvalue weighted by Gasteiger charge is -2.30. The van der Waals surface area contributed by atoms with E-state index in [9.17, 15) is 13.2 Å². The molecule has 4 rings (SSSR count). The first kappa shape index (κ1) is 22.8. The number of nitrogens with zero attached hydrogens (tertiary/aromatic N) is 3. The molecule has 0 N–H and O–H groups in total. The van der Waals surface area contributed by atoms with Crippen molar-refractivity contribution in [2.24, 2.45) is 0 Å². The summed E-state index contributed by atoms with van der Waals surface area (Å²) in [6.07, 6.45) is 5.72. The Morgan fingerprint density at radius 2 is 1.72 bits per heavy atom. The van der Waals surface area contributed by atoms with Crippen LogP contribution in [0.15, 0.2) is 47.4 Å². The van der Waals surface area contributed by atoms with E-state index < -0.39 is 10.0 Å². The summed E-state index contributed by atoms with van der Waals surface area (Å²) in [7, 11) is -1.39. The highest BCUT2D eigenvalue weighted by molar-refractivity contribution is 7.89. The molecule has 2 aromatic carbocycles. The zero-order valence-electron chi connectivity index (χ0n) is 19.1. The van der Waals surface area contributed by atoms with Crippen molar-refractivity contribution in [3.8, 4) is 0 Å². The van der Waals surface area contributed by atoms with Crippen molar-refractivity contribution >= 4 is 27.3 Å². The first-order valence-electron chi connectivity index (χ1n) is 11.7. The van der Waals surface area contributed by atoms with Crippen LogP contribution in [0.2, 0.25) is 0 Å². The van der Waals surface area contributed by atoms with Crippen molar-refractivity contribution in [2.75, 3.05) is 43.0 Å². The summed E-state index contributed by atoms with van der Waals surface area (Å²) in [4.78, 5) is 17.6. The number of aryl methyl sites for hydroxylation is 1. The fourth-order valence-electron chi connectivity index (χ4n) is 4.56. The molecule has 1 amide bonds. The predicted molar refractivity (Wildman–Crippen MR) is 129 cm³/mol. The predicted octanol–water partition coefficient (Wildman–Crippen LogP) is 4.30. The summed E-state index contributed by atoms with van der Waals surface area (Å²) in [6, 6.07) is 13.0. The molecule has 0 aliphatic carbocycles. The highest BCUT2D eigenvalue weighted by Gasteiger charge is 2.30. The van der Waals surface area contributed by atoms with Gasteiger partial charge in [0, 0.05) is 50.2 Å². The summed E-state index contributed by atoms with van der Waals surface area (Å²) in [6.45, 7) is 4.99. The molecule has 0 bridgehead atoms. The second-order valence-corrected chi connectivity index (χ2v) is 10.7. The van der Waals surface area contributed by atoms with Gasteiger partial charge in [-0.2, -0.15) is 4.31 Å². The summed E-state index contributed by atoms with van der Waals surface area (Å²) in [5, 5.41) is 0. The average Bonchev–Trinajstić information content (AvgIpc) is 3.37. The van der Waals surface area contributed by atoms with Crippen LogP contribution in [0.3, 0.4) is 0 Å². The first-order valence-corrected chi connectivity index (χ1v) is 13.1. The molecule has 6 nitrogen and oxygen atoms in total. The Kier molecular flexibility index (Phi) is 6.86. The van der Waals surface area contributed by atoms with Crippen LogP contribution < -0.4 is 9.80 Å². The van der Waals surface area contributed by atoms with Crippen LogP contribution in [0.5, 0.6) is 0 Å². The Morgan fingerprint density at radius 1 is 1.00 bits per heavy atom. The van der Waals surface area contributed by atoms with Gasteiger partial charge in [-0.1, -0.05) is 13.3 Å². The van der Waals surface area contributed by atoms with Gasteiger partial charge in [-0.3, -0.25) is 4.79 Å². The van der Waals surface area contributed by atoms with E-state index in [2.05, 4.69) is 18.9 Å². The molecule has 2 aliphatic rings. The Balaban J connectivity index is 1.54. The highest BCUT2D eigenvalue weighted by atomic mass is 32.2. The van der Waals surface area contributed by atoms with E-state index in [1.54, 1.807) is 21.3 Å². The van der Waals surface area contributed by atoms with Gasteiger partial charge in [-0.25, -0.2) is 8.42 Å². The van der Waals surface area contributed by atoms with Gasteiger partial charge in [-0.05, 0) is 80.1 Å². The average molecular weight is 456 g/mol. The van der Waals surface area contributed by atoms with Crippen LogP contribution in [0.4, 0.5) is 11.4 Å². The van der Waals surface area contributed by atoms with E-state index in [1.807, 2.05) is 30.3 Å². The van der Waals surface area contributed by atoms with E-state index in [0.717, 1.165) is 62.0 Å². The maximum Gasteiger partial charge on any atom is 0.258 e. The topological polar surface area (TPSA) is 60.9 Å². The van der Waals surface area contributed by atoms with E-state index in [-0.39, 0.29) is 5.91 Å². The van der Waals surface area contributed by atoms with E-state index in [4.69, 9.17) is 0 Å². The normalized spacial score (nSPS) is 16.8. The Labute approximate surface area is 191 Å². The molecular formula is C25H33N3O3S. The first-order chi connectivity index (χ1) is 15.4. The number of benzene rings is 2. The summed E-state index contributed by atoms with van der Waals surface area (Å²) < 4.78 is 27.5. The van der Waals surface area contributed by atoms with Crippen LogP contribution in [0, 0.1) is 0 Å². The van der Waals surface area contributed by atoms with Crippen LogP contribution in [-0.2, 0) is 16.4 Å². The van der Waals surface area contributed by atoms with Crippen molar-refractivity contribution < 1.29 is 13.2 Å². The van der Waals surface area contributed by atoms with E-state index in [1.165, 1.54) is 0 Å². The van der Waals surface area contributed by atoms with Crippen LogP contribution in [0.1, 0.15) is 54.9 Å². The lowest BCUT2D eigenvalue weighted by atomic mass is 10.0. The van der Waals surface area contributed by atoms with Gasteiger partial charge in [0.15, 0.2) is 0 Å². The van der Waals surface area contributed by atoms with Crippen molar-refractivity contribution in [2.45, 2.75) is 50.3 Å². The van der Waals surface area contributed by atoms with Crippen molar-refractivity contribution in [3.63, 3.8) is 0 Å². The number of hydrogen-bond donors (Lipinski definition) is 0. The maximum atomic E-state index is 13.3. The number of carbonyl (C=O) groups is 1. The maximum absolute atomic E-state index is 13.3. The fourth-order valence-corrected chi connectivity index (χ4v) is 6.13. The zero-order valence-corrected chi connectivity index (χ0v) is 19.9. The quantitative estimate of drug-likeness (QED) is 0.625. The number of hydrogen-bond acceptors (Lipinski definition) is 4. The van der Waals surface area contributed by atoms with Crippen molar-refractivity contribution in [3.05, 3.63) is 53.6 Å². The van der Waals surface area contributed by atoms with E-state index >= 15 is 0 Å². The van der Waals surface area contributed by atoms with Crippen molar-refractivity contribution in [1.29, 1.82) is 0 Å². The lowest BCUT2D eigenvalue weighted by Crippen LogP contribution is -2.36. The Hall–Kier alpha value is -2.38. The summed E-state index contributed by atoms with van der Waals surface area (Å²) in [5.41, 5.74) is 3.51. The molecule has 32 heavy (non-hydrogen) atoms. The highest BCUT2D eigenvalue weighted by Crippen LogP contribution is 2.32. The fraction of sp³-hybridized carbons (Fsp3) is 0.480. The third-order valence-corrected chi connectivity index (χ3v) is 8.41. The minimum absolute atomic E-state index is 0.0381. The molecule has 0 aromatic heterocycles. The monoisotopic (exact) mass is 455 g/mol. The third kappa shape index (κ3) is 4.55.